The maximum atomic E-state index is 13.8. The lowest BCUT2D eigenvalue weighted by atomic mass is 10.2. The molecule has 0 aliphatic carbocycles. The Morgan fingerprint density at radius 1 is 1.25 bits per heavy atom. The number of β-amino-alcohol motifs (C(OH)–C–C–N with tert-alkyl or cyclic N) is 1. The number of nitrogens with zero attached hydrogens (tertiary/aromatic N) is 6. The molecule has 192 valence electrons. The monoisotopic (exact) mass is 517 g/mol. The summed E-state index contributed by atoms with van der Waals surface area (Å²) in [7, 11) is -2.18. The van der Waals surface area contributed by atoms with E-state index in [2.05, 4.69) is 15.4 Å². The minimum atomic E-state index is -3.83. The van der Waals surface area contributed by atoms with Crippen LogP contribution in [0.15, 0.2) is 41.6 Å². The molecule has 5 rings (SSSR count). The molecule has 1 fully saturated rings. The van der Waals surface area contributed by atoms with Gasteiger partial charge in [-0.25, -0.2) is 17.8 Å². The minimum Gasteiger partial charge on any atom is -0.388 e. The highest BCUT2D eigenvalue weighted by Crippen LogP contribution is 2.27. The van der Waals surface area contributed by atoms with Gasteiger partial charge in [0.25, 0.3) is 5.91 Å². The van der Waals surface area contributed by atoms with Crippen molar-refractivity contribution in [3.05, 3.63) is 59.3 Å². The maximum Gasteiger partial charge on any atom is 0.268 e. The number of hydrogen-bond acceptors (Lipinski definition) is 7. The standard InChI is InChI=1S/C23H28FN7O4S/c1-15-21(36(34,35)30-8-9-31-17(12-30)5-7-27-31)10-19(28(15)2)23(33)26-11-16-4-3-6-25-22(16)29-13-18(24)20(32)14-29/h3-7,10,18,20,32H,8-9,11-14H2,1-2H3,(H,26,33)/t18-,20+/m0/s1. The summed E-state index contributed by atoms with van der Waals surface area (Å²) in [6.07, 6.45) is 0.782. The van der Waals surface area contributed by atoms with Crippen molar-refractivity contribution in [1.82, 2.24) is 29.0 Å². The molecule has 11 nitrogen and oxygen atoms in total. The Kier molecular flexibility index (Phi) is 6.30. The molecule has 2 aliphatic rings. The summed E-state index contributed by atoms with van der Waals surface area (Å²) in [5.41, 5.74) is 2.14. The smallest absolute Gasteiger partial charge is 0.268 e. The normalized spacial score (nSPS) is 20.5. The van der Waals surface area contributed by atoms with E-state index in [4.69, 9.17) is 0 Å². The predicted octanol–water partition coefficient (Wildman–Crippen LogP) is 0.579. The lowest BCUT2D eigenvalue weighted by Crippen LogP contribution is -2.38. The van der Waals surface area contributed by atoms with Crippen LogP contribution < -0.4 is 10.2 Å². The number of aromatic nitrogens is 4. The molecule has 36 heavy (non-hydrogen) atoms. The van der Waals surface area contributed by atoms with Gasteiger partial charge in [0, 0.05) is 50.3 Å². The molecular weight excluding hydrogens is 489 g/mol. The number of carbonyl (C=O) groups is 1. The Labute approximate surface area is 208 Å². The van der Waals surface area contributed by atoms with Gasteiger partial charge in [-0.15, -0.1) is 0 Å². The first-order valence-corrected chi connectivity index (χ1v) is 13.1. The first kappa shape index (κ1) is 24.4. The zero-order valence-corrected chi connectivity index (χ0v) is 20.8. The van der Waals surface area contributed by atoms with Crippen LogP contribution in [0, 0.1) is 6.92 Å². The fraction of sp³-hybridized carbons (Fsp3) is 0.435. The summed E-state index contributed by atoms with van der Waals surface area (Å²) in [5.74, 6) is 0.0473. The van der Waals surface area contributed by atoms with E-state index in [1.807, 2.05) is 0 Å². The van der Waals surface area contributed by atoms with Gasteiger partial charge in [0.15, 0.2) is 0 Å². The quantitative estimate of drug-likeness (QED) is 0.490. The van der Waals surface area contributed by atoms with Gasteiger partial charge in [-0.1, -0.05) is 6.07 Å². The van der Waals surface area contributed by atoms with Crippen LogP contribution >= 0.6 is 0 Å². The topological polar surface area (TPSA) is 126 Å². The van der Waals surface area contributed by atoms with Crippen LogP contribution in [0.3, 0.4) is 0 Å². The Morgan fingerprint density at radius 2 is 2.06 bits per heavy atom. The Balaban J connectivity index is 1.33. The van der Waals surface area contributed by atoms with Crippen molar-refractivity contribution in [3.63, 3.8) is 0 Å². The third-order valence-electron chi connectivity index (χ3n) is 6.87. The van der Waals surface area contributed by atoms with Crippen molar-refractivity contribution in [3.8, 4) is 0 Å². The second kappa shape index (κ2) is 9.30. The van der Waals surface area contributed by atoms with Gasteiger partial charge >= 0.3 is 0 Å². The van der Waals surface area contributed by atoms with E-state index >= 15 is 0 Å². The van der Waals surface area contributed by atoms with Gasteiger partial charge < -0.3 is 19.9 Å². The summed E-state index contributed by atoms with van der Waals surface area (Å²) in [6.45, 7) is 2.89. The van der Waals surface area contributed by atoms with E-state index < -0.39 is 28.2 Å². The molecule has 2 N–H and O–H groups in total. The fourth-order valence-corrected chi connectivity index (χ4v) is 6.37. The second-order valence-corrected chi connectivity index (χ2v) is 11.0. The number of hydrogen-bond donors (Lipinski definition) is 2. The van der Waals surface area contributed by atoms with Crippen LogP contribution in [0.25, 0.3) is 0 Å². The van der Waals surface area contributed by atoms with E-state index in [1.54, 1.807) is 58.7 Å². The van der Waals surface area contributed by atoms with E-state index in [0.29, 0.717) is 30.2 Å². The number of alkyl halides is 1. The summed E-state index contributed by atoms with van der Waals surface area (Å²) in [6, 6.07) is 6.68. The van der Waals surface area contributed by atoms with E-state index in [1.165, 1.54) is 10.4 Å². The highest BCUT2D eigenvalue weighted by atomic mass is 32.2. The second-order valence-electron chi connectivity index (χ2n) is 9.08. The highest BCUT2D eigenvalue weighted by Gasteiger charge is 2.34. The van der Waals surface area contributed by atoms with Gasteiger partial charge in [0.1, 0.15) is 28.7 Å². The molecule has 0 spiro atoms. The lowest BCUT2D eigenvalue weighted by molar-refractivity contribution is 0.0942. The van der Waals surface area contributed by atoms with Crippen LogP contribution in [0.1, 0.15) is 27.4 Å². The summed E-state index contributed by atoms with van der Waals surface area (Å²) >= 11 is 0. The average Bonchev–Trinajstić information content (AvgIpc) is 3.55. The molecule has 2 aliphatic heterocycles. The Hall–Kier alpha value is -3.29. The average molecular weight is 518 g/mol. The van der Waals surface area contributed by atoms with Crippen LogP contribution in [0.5, 0.6) is 0 Å². The molecule has 5 heterocycles. The van der Waals surface area contributed by atoms with Gasteiger partial charge in [0.2, 0.25) is 10.0 Å². The Morgan fingerprint density at radius 3 is 2.81 bits per heavy atom. The number of sulfonamides is 1. The van der Waals surface area contributed by atoms with Crippen LogP contribution in [-0.4, -0.2) is 75.0 Å². The fourth-order valence-electron chi connectivity index (χ4n) is 4.70. The van der Waals surface area contributed by atoms with Crippen molar-refractivity contribution in [2.75, 3.05) is 24.5 Å². The van der Waals surface area contributed by atoms with Gasteiger partial charge in [-0.3, -0.25) is 9.48 Å². The molecule has 3 aromatic heterocycles. The third-order valence-corrected chi connectivity index (χ3v) is 8.83. The predicted molar refractivity (Wildman–Crippen MR) is 128 cm³/mol. The molecule has 2 atom stereocenters. The summed E-state index contributed by atoms with van der Waals surface area (Å²) in [4.78, 5) is 19.1. The number of carbonyl (C=O) groups excluding carboxylic acids is 1. The van der Waals surface area contributed by atoms with Crippen LogP contribution in [0.2, 0.25) is 0 Å². The number of aliphatic hydroxyl groups is 1. The summed E-state index contributed by atoms with van der Waals surface area (Å²) in [5, 5.41) is 16.8. The molecule has 1 saturated heterocycles. The zero-order valence-electron chi connectivity index (χ0n) is 20.0. The number of aliphatic hydroxyl groups excluding tert-OH is 1. The van der Waals surface area contributed by atoms with Crippen LogP contribution in [0.4, 0.5) is 10.2 Å². The number of fused-ring (bicyclic) bond motifs is 1. The van der Waals surface area contributed by atoms with Crippen molar-refractivity contribution < 1.29 is 22.7 Å². The number of nitrogens with one attached hydrogen (secondary N) is 1. The molecular formula is C23H28FN7O4S. The highest BCUT2D eigenvalue weighted by molar-refractivity contribution is 7.89. The number of amides is 1. The first-order valence-electron chi connectivity index (χ1n) is 11.6. The molecule has 0 saturated carbocycles. The maximum absolute atomic E-state index is 13.8. The molecule has 13 heteroatoms. The molecule has 1 amide bonds. The number of anilines is 1. The van der Waals surface area contributed by atoms with Crippen molar-refractivity contribution in [2.45, 2.75) is 43.7 Å². The lowest BCUT2D eigenvalue weighted by Gasteiger charge is -2.26. The van der Waals surface area contributed by atoms with Gasteiger partial charge in [-0.2, -0.15) is 9.40 Å². The van der Waals surface area contributed by atoms with Gasteiger partial charge in [0.05, 0.1) is 25.3 Å². The first-order chi connectivity index (χ1) is 17.2. The van der Waals surface area contributed by atoms with Crippen molar-refractivity contribution >= 4 is 21.7 Å². The number of halogens is 1. The number of pyridine rings is 1. The van der Waals surface area contributed by atoms with Crippen molar-refractivity contribution in [1.29, 1.82) is 0 Å². The summed E-state index contributed by atoms with van der Waals surface area (Å²) < 4.78 is 45.5. The molecule has 0 radical (unpaired) electrons. The largest absolute Gasteiger partial charge is 0.388 e. The minimum absolute atomic E-state index is 0.0225. The van der Waals surface area contributed by atoms with E-state index in [9.17, 15) is 22.7 Å². The SMILES string of the molecule is Cc1c(S(=O)(=O)N2CCn3nccc3C2)cc(C(=O)NCc2cccnc2N2C[C@@H](O)[C@@H](F)C2)n1C. The zero-order chi connectivity index (χ0) is 25.6. The van der Waals surface area contributed by atoms with Crippen molar-refractivity contribution in [2.24, 2.45) is 7.05 Å². The van der Waals surface area contributed by atoms with Gasteiger partial charge in [-0.05, 0) is 25.1 Å². The molecule has 0 unspecified atom stereocenters. The Bertz CT molecular complexity index is 1390. The number of rotatable bonds is 6. The van der Waals surface area contributed by atoms with E-state index in [0.717, 1.165) is 5.69 Å². The van der Waals surface area contributed by atoms with E-state index in [-0.39, 0.29) is 36.8 Å². The molecule has 3 aromatic rings. The third kappa shape index (κ3) is 4.27. The molecule has 0 aromatic carbocycles. The van der Waals surface area contributed by atoms with Crippen LogP contribution in [-0.2, 0) is 36.7 Å². The molecule has 0 bridgehead atoms.